The van der Waals surface area contributed by atoms with Crippen LogP contribution in [0.15, 0.2) is 53.5 Å². The van der Waals surface area contributed by atoms with Crippen LogP contribution in [0.25, 0.3) is 0 Å². The third kappa shape index (κ3) is 8.40. The summed E-state index contributed by atoms with van der Waals surface area (Å²) < 4.78 is 10.7. The average Bonchev–Trinajstić information content (AvgIpc) is 2.75. The van der Waals surface area contributed by atoms with Crippen molar-refractivity contribution in [1.82, 2.24) is 10.6 Å². The first-order valence-corrected chi connectivity index (χ1v) is 9.96. The lowest BCUT2D eigenvalue weighted by Crippen LogP contribution is -2.32. The molecule has 0 heterocycles. The fourth-order valence-electron chi connectivity index (χ4n) is 2.55. The summed E-state index contributed by atoms with van der Waals surface area (Å²) >= 11 is 0. The van der Waals surface area contributed by atoms with Crippen LogP contribution in [0.4, 0.5) is 5.69 Å². The van der Waals surface area contributed by atoms with Crippen LogP contribution in [0.3, 0.4) is 0 Å². The zero-order valence-corrected chi connectivity index (χ0v) is 17.5. The number of ether oxygens (including phenoxy) is 2. The van der Waals surface area contributed by atoms with E-state index >= 15 is 0 Å². The molecule has 30 heavy (non-hydrogen) atoms. The Hall–Kier alpha value is -3.26. The number of nitrogens with zero attached hydrogens (tertiary/aromatic N) is 1. The van der Waals surface area contributed by atoms with E-state index in [0.29, 0.717) is 44.4 Å². The number of amides is 1. The van der Waals surface area contributed by atoms with Crippen LogP contribution >= 0.6 is 0 Å². The van der Waals surface area contributed by atoms with Gasteiger partial charge >= 0.3 is 0 Å². The van der Waals surface area contributed by atoms with E-state index in [1.165, 1.54) is 12.1 Å². The normalized spacial score (nSPS) is 11.1. The summed E-state index contributed by atoms with van der Waals surface area (Å²) in [7, 11) is 1.67. The van der Waals surface area contributed by atoms with Gasteiger partial charge in [0.1, 0.15) is 11.5 Å². The second-order valence-electron chi connectivity index (χ2n) is 6.41. The summed E-state index contributed by atoms with van der Waals surface area (Å²) in [6.07, 6.45) is 0.827. The van der Waals surface area contributed by atoms with Crippen LogP contribution < -0.4 is 20.7 Å². The fraction of sp³-hybridized carbons (Fsp3) is 0.364. The topological polar surface area (TPSA) is 104 Å². The molecule has 0 saturated carbocycles. The van der Waals surface area contributed by atoms with Crippen LogP contribution in [-0.4, -0.2) is 56.9 Å². The van der Waals surface area contributed by atoms with Crippen LogP contribution in [0.2, 0.25) is 0 Å². The number of hydrogen-bond donors (Lipinski definition) is 4. The van der Waals surface area contributed by atoms with E-state index in [2.05, 4.69) is 20.9 Å². The number of aliphatic imine (C=N–C) groups is 1. The molecule has 0 atom stereocenters. The number of aromatic hydroxyl groups is 1. The van der Waals surface area contributed by atoms with Gasteiger partial charge in [-0.2, -0.15) is 0 Å². The Morgan fingerprint density at radius 1 is 1.10 bits per heavy atom. The Balaban J connectivity index is 1.85. The molecule has 0 bridgehead atoms. The van der Waals surface area contributed by atoms with Gasteiger partial charge in [-0.05, 0) is 43.3 Å². The van der Waals surface area contributed by atoms with Crippen LogP contribution in [0, 0.1) is 0 Å². The molecule has 0 unspecified atom stereocenters. The molecular weight excluding hydrogens is 384 g/mol. The fourth-order valence-corrected chi connectivity index (χ4v) is 2.55. The minimum atomic E-state index is -0.207. The zero-order valence-electron chi connectivity index (χ0n) is 17.5. The smallest absolute Gasteiger partial charge is 0.251 e. The van der Waals surface area contributed by atoms with Gasteiger partial charge < -0.3 is 30.5 Å². The molecular formula is C22H30N4O4. The molecule has 0 saturated heterocycles. The van der Waals surface area contributed by atoms with Gasteiger partial charge in [-0.3, -0.25) is 9.79 Å². The molecule has 2 aromatic carbocycles. The zero-order chi connectivity index (χ0) is 21.6. The van der Waals surface area contributed by atoms with Crippen molar-refractivity contribution in [2.45, 2.75) is 13.3 Å². The van der Waals surface area contributed by atoms with E-state index in [-0.39, 0.29) is 11.7 Å². The predicted octanol–water partition coefficient (Wildman–Crippen LogP) is 2.61. The van der Waals surface area contributed by atoms with Gasteiger partial charge in [-0.1, -0.05) is 6.07 Å². The second-order valence-corrected chi connectivity index (χ2v) is 6.41. The summed E-state index contributed by atoms with van der Waals surface area (Å²) in [5.41, 5.74) is 1.34. The molecule has 8 heteroatoms. The Bertz CT molecular complexity index is 809. The monoisotopic (exact) mass is 414 g/mol. The average molecular weight is 415 g/mol. The third-order valence-corrected chi connectivity index (χ3v) is 4.00. The lowest BCUT2D eigenvalue weighted by atomic mass is 10.2. The van der Waals surface area contributed by atoms with Crippen molar-refractivity contribution in [3.63, 3.8) is 0 Å². The molecule has 0 aromatic heterocycles. The maximum absolute atomic E-state index is 12.1. The number of nitrogens with one attached hydrogen (secondary N) is 3. The highest BCUT2D eigenvalue weighted by atomic mass is 16.5. The summed E-state index contributed by atoms with van der Waals surface area (Å²) in [6, 6.07) is 13.8. The lowest BCUT2D eigenvalue weighted by Gasteiger charge is -2.13. The van der Waals surface area contributed by atoms with Gasteiger partial charge in [0.05, 0.1) is 13.2 Å². The van der Waals surface area contributed by atoms with Crippen LogP contribution in [0.1, 0.15) is 23.7 Å². The Kier molecular flexibility index (Phi) is 10.0. The number of phenolic OH excluding ortho intramolecular Hbond substituents is 1. The van der Waals surface area contributed by atoms with Gasteiger partial charge in [-0.15, -0.1) is 0 Å². The first-order valence-electron chi connectivity index (χ1n) is 9.96. The van der Waals surface area contributed by atoms with Crippen molar-refractivity contribution in [3.8, 4) is 11.5 Å². The van der Waals surface area contributed by atoms with E-state index < -0.39 is 0 Å². The van der Waals surface area contributed by atoms with E-state index in [9.17, 15) is 9.90 Å². The maximum atomic E-state index is 12.1. The number of carbonyl (C=O) groups is 1. The molecule has 0 aliphatic heterocycles. The number of carbonyl (C=O) groups excluding carboxylic acids is 1. The molecule has 1 amide bonds. The maximum Gasteiger partial charge on any atom is 0.251 e. The molecule has 2 rings (SSSR count). The standard InChI is InChI=1S/C22H30N4O4/c1-3-23-22(25-13-12-24-21(28)17-8-10-19(27)11-9-17)26-18-6-4-7-20(16-18)30-15-5-14-29-2/h4,6-11,16,27H,3,5,12-15H2,1-2H3,(H,24,28)(H2,23,25,26). The highest BCUT2D eigenvalue weighted by Gasteiger charge is 2.05. The number of guanidine groups is 1. The number of phenols is 1. The first kappa shape index (κ1) is 23.0. The third-order valence-electron chi connectivity index (χ3n) is 4.00. The number of rotatable bonds is 11. The van der Waals surface area contributed by atoms with Crippen molar-refractivity contribution < 1.29 is 19.4 Å². The number of methoxy groups -OCH3 is 1. The second kappa shape index (κ2) is 13.1. The highest BCUT2D eigenvalue weighted by molar-refractivity contribution is 5.95. The molecule has 0 spiro atoms. The van der Waals surface area contributed by atoms with Crippen molar-refractivity contribution in [3.05, 3.63) is 54.1 Å². The van der Waals surface area contributed by atoms with Gasteiger partial charge in [0.25, 0.3) is 5.91 Å². The summed E-state index contributed by atoms with van der Waals surface area (Å²) in [5, 5.41) is 18.5. The van der Waals surface area contributed by atoms with E-state index in [4.69, 9.17) is 9.47 Å². The molecule has 162 valence electrons. The summed E-state index contributed by atoms with van der Waals surface area (Å²) in [4.78, 5) is 16.6. The minimum absolute atomic E-state index is 0.127. The van der Waals surface area contributed by atoms with Crippen molar-refractivity contribution in [2.75, 3.05) is 45.3 Å². The molecule has 4 N–H and O–H groups in total. The Morgan fingerprint density at radius 2 is 1.90 bits per heavy atom. The van der Waals surface area contributed by atoms with Gasteiger partial charge in [-0.25, -0.2) is 0 Å². The largest absolute Gasteiger partial charge is 0.508 e. The van der Waals surface area contributed by atoms with Gasteiger partial charge in [0.15, 0.2) is 5.96 Å². The molecule has 2 aromatic rings. The lowest BCUT2D eigenvalue weighted by molar-refractivity contribution is 0.0955. The Morgan fingerprint density at radius 3 is 2.63 bits per heavy atom. The van der Waals surface area contributed by atoms with Crippen molar-refractivity contribution >= 4 is 17.6 Å². The number of anilines is 1. The SMILES string of the molecule is CCNC(=NCCNC(=O)c1ccc(O)cc1)Nc1cccc(OCCCOC)c1. The quantitative estimate of drug-likeness (QED) is 0.256. The van der Waals surface area contributed by atoms with Gasteiger partial charge in [0.2, 0.25) is 0 Å². The highest BCUT2D eigenvalue weighted by Crippen LogP contribution is 2.17. The predicted molar refractivity (Wildman–Crippen MR) is 118 cm³/mol. The van der Waals surface area contributed by atoms with Crippen molar-refractivity contribution in [2.24, 2.45) is 4.99 Å². The summed E-state index contributed by atoms with van der Waals surface area (Å²) in [6.45, 7) is 4.74. The Labute approximate surface area is 177 Å². The molecule has 0 radical (unpaired) electrons. The minimum Gasteiger partial charge on any atom is -0.508 e. The number of hydrogen-bond acceptors (Lipinski definition) is 5. The summed E-state index contributed by atoms with van der Waals surface area (Å²) in [5.74, 6) is 1.31. The van der Waals surface area contributed by atoms with E-state index in [1.807, 2.05) is 31.2 Å². The van der Waals surface area contributed by atoms with Crippen LogP contribution in [-0.2, 0) is 4.74 Å². The molecule has 0 fully saturated rings. The molecule has 0 aliphatic rings. The molecule has 0 aliphatic carbocycles. The van der Waals surface area contributed by atoms with Gasteiger partial charge in [0, 0.05) is 50.5 Å². The van der Waals surface area contributed by atoms with Crippen molar-refractivity contribution in [1.29, 1.82) is 0 Å². The number of benzene rings is 2. The van der Waals surface area contributed by atoms with E-state index in [1.54, 1.807) is 19.2 Å². The van der Waals surface area contributed by atoms with Crippen LogP contribution in [0.5, 0.6) is 11.5 Å². The van der Waals surface area contributed by atoms with E-state index in [0.717, 1.165) is 17.9 Å². The first-order chi connectivity index (χ1) is 14.6. The molecule has 8 nitrogen and oxygen atoms in total.